The Balaban J connectivity index is 1.36. The highest BCUT2D eigenvalue weighted by atomic mass is 15.0. The van der Waals surface area contributed by atoms with Crippen molar-refractivity contribution in [3.8, 4) is 16.8 Å². The molecule has 2 heterocycles. The number of H-pyrrole nitrogens is 1. The molecule has 7 aromatic rings. The zero-order chi connectivity index (χ0) is 27.4. The van der Waals surface area contributed by atoms with E-state index in [2.05, 4.69) is 140 Å². The van der Waals surface area contributed by atoms with Gasteiger partial charge in [-0.1, -0.05) is 76.2 Å². The van der Waals surface area contributed by atoms with Crippen LogP contribution in [0.3, 0.4) is 0 Å². The second-order valence-corrected chi connectivity index (χ2v) is 11.5. The van der Waals surface area contributed by atoms with E-state index in [9.17, 15) is 0 Å². The number of hydrogen-bond acceptors (Lipinski definition) is 0. The summed E-state index contributed by atoms with van der Waals surface area (Å²) >= 11 is 0. The standard InChI is InChI=1S/C38H36N2/c1-5-24(3)27-14-19-37-33(21-27)34-22-28(25(4)6-2)15-20-38(34)40(37)30-16-11-26(12-17-30)29-13-18-36-32(23-29)31-9-7-8-10-35(31)39-36/h7-25,39H,5-6H2,1-4H3. The van der Waals surface area contributed by atoms with Gasteiger partial charge < -0.3 is 9.55 Å². The minimum Gasteiger partial charge on any atom is -0.355 e. The molecule has 2 aromatic heterocycles. The van der Waals surface area contributed by atoms with Gasteiger partial charge in [-0.05, 0) is 102 Å². The number of aromatic nitrogens is 2. The smallest absolute Gasteiger partial charge is 0.0541 e. The second-order valence-electron chi connectivity index (χ2n) is 11.5. The molecule has 198 valence electrons. The van der Waals surface area contributed by atoms with E-state index >= 15 is 0 Å². The first-order chi connectivity index (χ1) is 19.6. The number of aromatic amines is 1. The maximum atomic E-state index is 3.54. The van der Waals surface area contributed by atoms with Crippen molar-refractivity contribution in [2.75, 3.05) is 0 Å². The van der Waals surface area contributed by atoms with Crippen LogP contribution in [0, 0.1) is 0 Å². The Morgan fingerprint density at radius 1 is 0.550 bits per heavy atom. The zero-order valence-electron chi connectivity index (χ0n) is 23.8. The molecule has 0 aliphatic carbocycles. The van der Waals surface area contributed by atoms with Crippen LogP contribution in [0.1, 0.15) is 63.5 Å². The summed E-state index contributed by atoms with van der Waals surface area (Å²) in [6, 6.07) is 38.6. The molecule has 0 amide bonds. The summed E-state index contributed by atoms with van der Waals surface area (Å²) in [7, 11) is 0. The first-order valence-electron chi connectivity index (χ1n) is 14.7. The summed E-state index contributed by atoms with van der Waals surface area (Å²) in [6.07, 6.45) is 2.29. The Morgan fingerprint density at radius 2 is 1.12 bits per heavy atom. The average Bonchev–Trinajstić information content (AvgIpc) is 3.54. The molecule has 0 aliphatic heterocycles. The lowest BCUT2D eigenvalue weighted by molar-refractivity contribution is 0.734. The third-order valence-electron chi connectivity index (χ3n) is 9.14. The number of rotatable bonds is 6. The average molecular weight is 521 g/mol. The van der Waals surface area contributed by atoms with Crippen LogP contribution in [0.25, 0.3) is 60.4 Å². The maximum Gasteiger partial charge on any atom is 0.0541 e. The zero-order valence-corrected chi connectivity index (χ0v) is 23.8. The van der Waals surface area contributed by atoms with Gasteiger partial charge in [-0.3, -0.25) is 0 Å². The fourth-order valence-electron chi connectivity index (χ4n) is 6.25. The number of benzene rings is 5. The normalized spacial score (nSPS) is 13.5. The number of hydrogen-bond donors (Lipinski definition) is 1. The van der Waals surface area contributed by atoms with E-state index in [1.165, 1.54) is 71.6 Å². The van der Waals surface area contributed by atoms with E-state index in [1.807, 2.05) is 0 Å². The summed E-state index contributed by atoms with van der Waals surface area (Å²) in [5.41, 5.74) is 11.4. The molecule has 1 N–H and O–H groups in total. The van der Waals surface area contributed by atoms with E-state index in [-0.39, 0.29) is 0 Å². The molecule has 0 saturated carbocycles. The van der Waals surface area contributed by atoms with Crippen molar-refractivity contribution in [1.82, 2.24) is 9.55 Å². The number of nitrogens with one attached hydrogen (secondary N) is 1. The summed E-state index contributed by atoms with van der Waals surface area (Å²) in [6.45, 7) is 9.21. The molecular weight excluding hydrogens is 484 g/mol. The first-order valence-corrected chi connectivity index (χ1v) is 14.7. The van der Waals surface area contributed by atoms with Gasteiger partial charge in [0.05, 0.1) is 11.0 Å². The van der Waals surface area contributed by atoms with Gasteiger partial charge in [-0.15, -0.1) is 0 Å². The molecule has 0 spiro atoms. The van der Waals surface area contributed by atoms with Gasteiger partial charge in [0.1, 0.15) is 0 Å². The van der Waals surface area contributed by atoms with E-state index in [0.717, 1.165) is 12.8 Å². The fraction of sp³-hybridized carbons (Fsp3) is 0.211. The molecule has 2 nitrogen and oxygen atoms in total. The molecule has 0 saturated heterocycles. The van der Waals surface area contributed by atoms with Gasteiger partial charge >= 0.3 is 0 Å². The van der Waals surface area contributed by atoms with Gasteiger partial charge in [0.15, 0.2) is 0 Å². The first kappa shape index (κ1) is 24.7. The number of nitrogens with zero attached hydrogens (tertiary/aromatic N) is 1. The van der Waals surface area contributed by atoms with Crippen LogP contribution in [-0.4, -0.2) is 9.55 Å². The molecule has 40 heavy (non-hydrogen) atoms. The Hall–Kier alpha value is -4.30. The van der Waals surface area contributed by atoms with Gasteiger partial charge in [-0.2, -0.15) is 0 Å². The molecule has 0 aliphatic rings. The van der Waals surface area contributed by atoms with Gasteiger partial charge in [0.25, 0.3) is 0 Å². The van der Waals surface area contributed by atoms with Gasteiger partial charge in [-0.25, -0.2) is 0 Å². The lowest BCUT2D eigenvalue weighted by atomic mass is 9.95. The van der Waals surface area contributed by atoms with Crippen molar-refractivity contribution >= 4 is 43.6 Å². The quantitative estimate of drug-likeness (QED) is 0.225. The Morgan fingerprint density at radius 3 is 1.75 bits per heavy atom. The highest BCUT2D eigenvalue weighted by Crippen LogP contribution is 2.37. The molecule has 0 radical (unpaired) electrons. The molecule has 2 atom stereocenters. The molecule has 0 fully saturated rings. The predicted molar refractivity (Wildman–Crippen MR) is 173 cm³/mol. The topological polar surface area (TPSA) is 20.7 Å². The van der Waals surface area contributed by atoms with E-state index in [4.69, 9.17) is 0 Å². The molecular formula is C38H36N2. The Kier molecular flexibility index (Phi) is 6.00. The lowest BCUT2D eigenvalue weighted by Gasteiger charge is -2.12. The molecule has 2 heteroatoms. The maximum absolute atomic E-state index is 3.54. The van der Waals surface area contributed by atoms with E-state index < -0.39 is 0 Å². The second kappa shape index (κ2) is 9.71. The van der Waals surface area contributed by atoms with Crippen molar-refractivity contribution in [3.63, 3.8) is 0 Å². The predicted octanol–water partition coefficient (Wildman–Crippen LogP) is 11.1. The highest BCUT2D eigenvalue weighted by Gasteiger charge is 2.16. The summed E-state index contributed by atoms with van der Waals surface area (Å²) in [4.78, 5) is 3.54. The van der Waals surface area contributed by atoms with Crippen LogP contribution in [0.15, 0.2) is 103 Å². The minimum atomic E-state index is 0.550. The van der Waals surface area contributed by atoms with Crippen molar-refractivity contribution in [2.24, 2.45) is 0 Å². The van der Waals surface area contributed by atoms with Crippen molar-refractivity contribution in [2.45, 2.75) is 52.4 Å². The van der Waals surface area contributed by atoms with Crippen LogP contribution < -0.4 is 0 Å². The number of fused-ring (bicyclic) bond motifs is 6. The van der Waals surface area contributed by atoms with Crippen molar-refractivity contribution < 1.29 is 0 Å². The lowest BCUT2D eigenvalue weighted by Crippen LogP contribution is -1.95. The third kappa shape index (κ3) is 3.93. The van der Waals surface area contributed by atoms with Gasteiger partial charge in [0.2, 0.25) is 0 Å². The fourth-order valence-corrected chi connectivity index (χ4v) is 6.25. The molecule has 7 rings (SSSR count). The van der Waals surface area contributed by atoms with E-state index in [0.29, 0.717) is 11.8 Å². The third-order valence-corrected chi connectivity index (χ3v) is 9.14. The van der Waals surface area contributed by atoms with Crippen LogP contribution >= 0.6 is 0 Å². The Bertz CT molecular complexity index is 1930. The van der Waals surface area contributed by atoms with Crippen LogP contribution in [0.2, 0.25) is 0 Å². The summed E-state index contributed by atoms with van der Waals surface area (Å²) in [5.74, 6) is 1.10. The minimum absolute atomic E-state index is 0.550. The van der Waals surface area contributed by atoms with Crippen LogP contribution in [0.4, 0.5) is 0 Å². The molecule has 0 bridgehead atoms. The van der Waals surface area contributed by atoms with Crippen LogP contribution in [0.5, 0.6) is 0 Å². The summed E-state index contributed by atoms with van der Waals surface area (Å²) in [5, 5.41) is 5.25. The largest absolute Gasteiger partial charge is 0.355 e. The molecule has 2 unspecified atom stereocenters. The van der Waals surface area contributed by atoms with E-state index in [1.54, 1.807) is 0 Å². The Labute approximate surface area is 236 Å². The number of para-hydroxylation sites is 1. The van der Waals surface area contributed by atoms with Gasteiger partial charge in [0, 0.05) is 38.3 Å². The summed E-state index contributed by atoms with van der Waals surface area (Å²) < 4.78 is 2.44. The van der Waals surface area contributed by atoms with Crippen molar-refractivity contribution in [3.05, 3.63) is 114 Å². The van der Waals surface area contributed by atoms with Crippen molar-refractivity contribution in [1.29, 1.82) is 0 Å². The SMILES string of the molecule is CCC(C)c1ccc2c(c1)c1cc(C(C)CC)ccc1n2-c1ccc(-c2ccc3[nH]c4ccccc4c3c2)cc1. The monoisotopic (exact) mass is 520 g/mol. The molecule has 5 aromatic carbocycles. The van der Waals surface area contributed by atoms with Crippen LogP contribution in [-0.2, 0) is 0 Å². The highest BCUT2D eigenvalue weighted by molar-refractivity contribution is 6.10.